The Bertz CT molecular complexity index is 533. The normalized spacial score (nSPS) is 11.5. The SMILES string of the molecule is CCCCCCCCCCCC[n+]1ccn(CCCCCCCCCCC)c1CCCCCC. The van der Waals surface area contributed by atoms with Gasteiger partial charge in [-0.15, -0.1) is 0 Å². The largest absolute Gasteiger partial charge is 0.256 e. The van der Waals surface area contributed by atoms with Gasteiger partial charge in [-0.25, -0.2) is 9.13 Å². The summed E-state index contributed by atoms with van der Waals surface area (Å²) in [6, 6.07) is 0. The van der Waals surface area contributed by atoms with Crippen molar-refractivity contribution in [2.75, 3.05) is 0 Å². The minimum absolute atomic E-state index is 1.23. The average Bonchev–Trinajstić information content (AvgIpc) is 3.23. The zero-order valence-corrected chi connectivity index (χ0v) is 23.9. The van der Waals surface area contributed by atoms with Crippen LogP contribution in [-0.4, -0.2) is 4.57 Å². The first-order valence-corrected chi connectivity index (χ1v) is 15.9. The molecule has 1 aromatic heterocycles. The average molecular weight is 476 g/mol. The second-order valence-corrected chi connectivity index (χ2v) is 10.9. The lowest BCUT2D eigenvalue weighted by molar-refractivity contribution is -0.704. The Hall–Kier alpha value is -0.790. The zero-order valence-electron chi connectivity index (χ0n) is 23.9. The van der Waals surface area contributed by atoms with Crippen molar-refractivity contribution >= 4 is 0 Å². The molecule has 0 aliphatic carbocycles. The highest BCUT2D eigenvalue weighted by molar-refractivity contribution is 4.84. The molecule has 0 aliphatic heterocycles. The zero-order chi connectivity index (χ0) is 24.5. The van der Waals surface area contributed by atoms with Crippen molar-refractivity contribution in [3.05, 3.63) is 18.2 Å². The van der Waals surface area contributed by atoms with Gasteiger partial charge in [0.2, 0.25) is 0 Å². The quantitative estimate of drug-likeness (QED) is 0.0930. The van der Waals surface area contributed by atoms with Crippen LogP contribution in [0.4, 0.5) is 0 Å². The van der Waals surface area contributed by atoms with Gasteiger partial charge in [0.1, 0.15) is 12.4 Å². The van der Waals surface area contributed by atoms with Crippen LogP contribution in [0.5, 0.6) is 0 Å². The van der Waals surface area contributed by atoms with Crippen LogP contribution in [0.15, 0.2) is 12.4 Å². The molecule has 0 saturated heterocycles. The Balaban J connectivity index is 2.28. The van der Waals surface area contributed by atoms with Gasteiger partial charge in [0.25, 0.3) is 5.82 Å². The summed E-state index contributed by atoms with van der Waals surface area (Å²) in [5.74, 6) is 1.60. The number of nitrogens with zero attached hydrogens (tertiary/aromatic N) is 2. The molecule has 0 unspecified atom stereocenters. The Morgan fingerprint density at radius 2 is 0.912 bits per heavy atom. The lowest BCUT2D eigenvalue weighted by Gasteiger charge is -2.07. The van der Waals surface area contributed by atoms with Crippen LogP contribution in [-0.2, 0) is 19.5 Å². The molecule has 0 radical (unpaired) electrons. The van der Waals surface area contributed by atoms with Gasteiger partial charge in [-0.2, -0.15) is 0 Å². The predicted molar refractivity (Wildman–Crippen MR) is 152 cm³/mol. The van der Waals surface area contributed by atoms with Gasteiger partial charge in [0, 0.05) is 6.42 Å². The standard InChI is InChI=1S/C32H63N2/c1-4-7-10-13-15-17-19-21-23-26-29-34-31-30-33(32(34)27-24-12-9-6-3)28-25-22-20-18-16-14-11-8-5-2/h30-31H,4-29H2,1-3H3/q+1. The number of hydrogen-bond acceptors (Lipinski definition) is 0. The summed E-state index contributed by atoms with van der Waals surface area (Å²) in [5.41, 5.74) is 0. The number of unbranched alkanes of at least 4 members (excludes halogenated alkanes) is 20. The van der Waals surface area contributed by atoms with E-state index in [2.05, 4.69) is 42.3 Å². The minimum atomic E-state index is 1.23. The van der Waals surface area contributed by atoms with Crippen LogP contribution in [0.2, 0.25) is 0 Å². The van der Waals surface area contributed by atoms with Crippen molar-refractivity contribution in [1.82, 2.24) is 4.57 Å². The first kappa shape index (κ1) is 31.2. The molecule has 34 heavy (non-hydrogen) atoms. The molecule has 1 heterocycles. The predicted octanol–water partition coefficient (Wildman–Crippen LogP) is 10.4. The van der Waals surface area contributed by atoms with E-state index in [1.807, 2.05) is 0 Å². The molecular formula is C32H63N2+. The van der Waals surface area contributed by atoms with Crippen molar-refractivity contribution in [3.8, 4) is 0 Å². The fourth-order valence-electron chi connectivity index (χ4n) is 5.26. The topological polar surface area (TPSA) is 8.81 Å². The highest BCUT2D eigenvalue weighted by atomic mass is 15.1. The van der Waals surface area contributed by atoms with Crippen molar-refractivity contribution in [3.63, 3.8) is 0 Å². The lowest BCUT2D eigenvalue weighted by Crippen LogP contribution is -2.37. The van der Waals surface area contributed by atoms with Crippen LogP contribution < -0.4 is 4.57 Å². The molecular weight excluding hydrogens is 412 g/mol. The van der Waals surface area contributed by atoms with Crippen LogP contribution in [0.25, 0.3) is 0 Å². The summed E-state index contributed by atoms with van der Waals surface area (Å²) in [4.78, 5) is 0. The van der Waals surface area contributed by atoms with E-state index in [4.69, 9.17) is 0 Å². The van der Waals surface area contributed by atoms with Gasteiger partial charge < -0.3 is 0 Å². The van der Waals surface area contributed by atoms with E-state index < -0.39 is 0 Å². The third-order valence-electron chi connectivity index (χ3n) is 7.60. The molecule has 2 heteroatoms. The van der Waals surface area contributed by atoms with Crippen LogP contribution in [0.3, 0.4) is 0 Å². The third-order valence-corrected chi connectivity index (χ3v) is 7.60. The number of aromatic nitrogens is 2. The lowest BCUT2D eigenvalue weighted by atomic mass is 10.1. The Labute approximate surface area is 215 Å². The monoisotopic (exact) mass is 475 g/mol. The molecule has 0 spiro atoms. The third kappa shape index (κ3) is 16.8. The molecule has 0 N–H and O–H groups in total. The first-order valence-electron chi connectivity index (χ1n) is 15.9. The molecule has 0 aromatic carbocycles. The summed E-state index contributed by atoms with van der Waals surface area (Å²) >= 11 is 0. The Kier molecular flexibility index (Phi) is 22.0. The van der Waals surface area contributed by atoms with E-state index in [-0.39, 0.29) is 0 Å². The van der Waals surface area contributed by atoms with Crippen LogP contribution in [0, 0.1) is 0 Å². The van der Waals surface area contributed by atoms with Gasteiger partial charge in [-0.3, -0.25) is 0 Å². The number of rotatable bonds is 26. The smallest absolute Gasteiger partial charge is 0.234 e. The second kappa shape index (κ2) is 23.9. The summed E-state index contributed by atoms with van der Waals surface area (Å²) < 4.78 is 5.20. The van der Waals surface area contributed by atoms with E-state index in [0.29, 0.717) is 0 Å². The molecule has 0 saturated carbocycles. The van der Waals surface area contributed by atoms with Gasteiger partial charge in [-0.05, 0) is 32.1 Å². The maximum atomic E-state index is 2.60. The molecule has 1 rings (SSSR count). The fraction of sp³-hybridized carbons (Fsp3) is 0.906. The molecule has 0 bridgehead atoms. The van der Waals surface area contributed by atoms with E-state index in [0.717, 1.165) is 0 Å². The number of aryl methyl sites for hydroxylation is 2. The van der Waals surface area contributed by atoms with Crippen molar-refractivity contribution in [2.24, 2.45) is 0 Å². The first-order chi connectivity index (χ1) is 16.8. The van der Waals surface area contributed by atoms with Gasteiger partial charge in [0.05, 0.1) is 13.1 Å². The maximum absolute atomic E-state index is 2.60. The fourth-order valence-corrected chi connectivity index (χ4v) is 5.26. The van der Waals surface area contributed by atoms with Gasteiger partial charge >= 0.3 is 0 Å². The highest BCUT2D eigenvalue weighted by Gasteiger charge is 2.16. The number of imidazole rings is 1. The molecule has 0 atom stereocenters. The van der Waals surface area contributed by atoms with Gasteiger partial charge in [-0.1, -0.05) is 136 Å². The molecule has 0 fully saturated rings. The second-order valence-electron chi connectivity index (χ2n) is 10.9. The molecule has 1 aromatic rings. The minimum Gasteiger partial charge on any atom is -0.234 e. The maximum Gasteiger partial charge on any atom is 0.256 e. The van der Waals surface area contributed by atoms with Crippen molar-refractivity contribution < 1.29 is 4.57 Å². The van der Waals surface area contributed by atoms with E-state index in [9.17, 15) is 0 Å². The summed E-state index contributed by atoms with van der Waals surface area (Å²) in [6.07, 6.45) is 38.5. The molecule has 2 nitrogen and oxygen atoms in total. The Morgan fingerprint density at radius 3 is 1.41 bits per heavy atom. The molecule has 0 amide bonds. The van der Waals surface area contributed by atoms with Crippen molar-refractivity contribution in [2.45, 2.75) is 188 Å². The van der Waals surface area contributed by atoms with E-state index in [1.165, 1.54) is 167 Å². The van der Waals surface area contributed by atoms with Crippen LogP contribution >= 0.6 is 0 Å². The summed E-state index contributed by atoms with van der Waals surface area (Å²) in [6.45, 7) is 9.38. The number of hydrogen-bond donors (Lipinski definition) is 0. The van der Waals surface area contributed by atoms with E-state index >= 15 is 0 Å². The molecule has 0 aliphatic rings. The van der Waals surface area contributed by atoms with Crippen LogP contribution in [0.1, 0.15) is 174 Å². The van der Waals surface area contributed by atoms with Gasteiger partial charge in [0.15, 0.2) is 0 Å². The van der Waals surface area contributed by atoms with E-state index in [1.54, 1.807) is 5.82 Å². The summed E-state index contributed by atoms with van der Waals surface area (Å²) in [7, 11) is 0. The summed E-state index contributed by atoms with van der Waals surface area (Å²) in [5, 5.41) is 0. The molecule has 200 valence electrons. The highest BCUT2D eigenvalue weighted by Crippen LogP contribution is 2.13. The van der Waals surface area contributed by atoms with Crippen molar-refractivity contribution in [1.29, 1.82) is 0 Å². The Morgan fingerprint density at radius 1 is 0.500 bits per heavy atom.